The monoisotopic (exact) mass is 577 g/mol. The van der Waals surface area contributed by atoms with Gasteiger partial charge in [0.15, 0.2) is 0 Å². The smallest absolute Gasteiger partial charge is 0.310 e. The lowest BCUT2D eigenvalue weighted by atomic mass is 9.70. The maximum atomic E-state index is 14.3. The molecule has 1 spiro atoms. The number of aliphatic hydroxyl groups is 1. The Hall–Kier alpha value is -2.43. The predicted molar refractivity (Wildman–Crippen MR) is 144 cm³/mol. The molecule has 3 fully saturated rings. The number of alkyl halides is 1. The number of halogens is 1. The number of benzene rings is 1. The molecular formula is C27H36BrN3O6. The molecule has 202 valence electrons. The summed E-state index contributed by atoms with van der Waals surface area (Å²) in [5, 5.41) is 19.3. The Morgan fingerprint density at radius 3 is 2.43 bits per heavy atom. The fourth-order valence-electron chi connectivity index (χ4n) is 6.36. The normalized spacial score (nSPS) is 29.9. The number of aliphatic hydroxyl groups excluding tert-OH is 1. The van der Waals surface area contributed by atoms with Crippen molar-refractivity contribution in [2.24, 2.45) is 11.8 Å². The van der Waals surface area contributed by atoms with E-state index in [1.807, 2.05) is 24.3 Å². The Kier molecular flexibility index (Phi) is 8.30. The zero-order chi connectivity index (χ0) is 26.9. The van der Waals surface area contributed by atoms with Crippen LogP contribution in [-0.4, -0.2) is 88.3 Å². The highest BCUT2D eigenvalue weighted by Gasteiger charge is 2.76. The second-order valence-electron chi connectivity index (χ2n) is 9.89. The van der Waals surface area contributed by atoms with E-state index in [1.165, 1.54) is 4.90 Å². The second kappa shape index (κ2) is 11.1. The van der Waals surface area contributed by atoms with Crippen LogP contribution in [0.25, 0.3) is 0 Å². The fraction of sp³-hybridized carbons (Fsp3) is 0.593. The number of hydrogen-bond donors (Lipinski definition) is 2. The van der Waals surface area contributed by atoms with E-state index >= 15 is 0 Å². The molecule has 3 aliphatic rings. The first-order chi connectivity index (χ1) is 17.7. The van der Waals surface area contributed by atoms with Crippen molar-refractivity contribution in [3.8, 4) is 0 Å². The molecule has 1 unspecified atom stereocenters. The van der Waals surface area contributed by atoms with Gasteiger partial charge in [0.2, 0.25) is 5.91 Å². The van der Waals surface area contributed by atoms with Crippen molar-refractivity contribution < 1.29 is 29.3 Å². The van der Waals surface area contributed by atoms with Gasteiger partial charge in [0.25, 0.3) is 5.91 Å². The average Bonchev–Trinajstić information content (AvgIpc) is 3.47. The van der Waals surface area contributed by atoms with Crippen LogP contribution in [0.2, 0.25) is 0 Å². The summed E-state index contributed by atoms with van der Waals surface area (Å²) < 4.78 is 6.34. The Balaban J connectivity index is 1.73. The molecule has 0 aromatic heterocycles. The molecule has 3 heterocycles. The predicted octanol–water partition coefficient (Wildman–Crippen LogP) is 2.66. The summed E-state index contributed by atoms with van der Waals surface area (Å²) in [7, 11) is 0. The molecule has 6 atom stereocenters. The lowest BCUT2D eigenvalue weighted by Gasteiger charge is -2.37. The van der Waals surface area contributed by atoms with Crippen LogP contribution in [0.15, 0.2) is 36.9 Å². The van der Waals surface area contributed by atoms with Crippen LogP contribution in [0.1, 0.15) is 33.1 Å². The highest BCUT2D eigenvalue weighted by Crippen LogP contribution is 2.60. The number of amides is 2. The Labute approximate surface area is 226 Å². The molecule has 2 N–H and O–H groups in total. The zero-order valence-electron chi connectivity index (χ0n) is 21.4. The van der Waals surface area contributed by atoms with Crippen LogP contribution in [0, 0.1) is 11.8 Å². The molecule has 0 radical (unpaired) electrons. The summed E-state index contributed by atoms with van der Waals surface area (Å²) in [5.41, 5.74) is 0.487. The number of fused-ring (bicyclic) bond motifs is 1. The number of hydrogen-bond acceptors (Lipinski definition) is 6. The van der Waals surface area contributed by atoms with Crippen molar-refractivity contribution >= 4 is 45.1 Å². The van der Waals surface area contributed by atoms with Crippen LogP contribution in [0.4, 0.5) is 11.4 Å². The van der Waals surface area contributed by atoms with E-state index in [4.69, 9.17) is 4.74 Å². The van der Waals surface area contributed by atoms with E-state index in [2.05, 4.69) is 41.3 Å². The third kappa shape index (κ3) is 4.57. The number of carboxylic acids is 1. The van der Waals surface area contributed by atoms with Gasteiger partial charge in [-0.25, -0.2) is 0 Å². The van der Waals surface area contributed by atoms with Gasteiger partial charge in [-0.15, -0.1) is 6.58 Å². The summed E-state index contributed by atoms with van der Waals surface area (Å²) in [6.45, 7) is 10.2. The molecule has 2 amide bonds. The molecule has 0 aliphatic carbocycles. The van der Waals surface area contributed by atoms with E-state index in [1.54, 1.807) is 11.0 Å². The number of unbranched alkanes of at least 4 members (excludes halogenated alkanes) is 1. The summed E-state index contributed by atoms with van der Waals surface area (Å²) in [5.74, 6) is -3.72. The van der Waals surface area contributed by atoms with Crippen molar-refractivity contribution in [1.82, 2.24) is 4.90 Å². The van der Waals surface area contributed by atoms with Crippen molar-refractivity contribution in [2.45, 2.75) is 55.7 Å². The molecule has 3 saturated heterocycles. The van der Waals surface area contributed by atoms with E-state index in [0.29, 0.717) is 24.9 Å². The summed E-state index contributed by atoms with van der Waals surface area (Å²) in [4.78, 5) is 45.3. The van der Waals surface area contributed by atoms with E-state index in [9.17, 15) is 24.6 Å². The van der Waals surface area contributed by atoms with Gasteiger partial charge in [0.05, 0.1) is 17.9 Å². The first-order valence-electron chi connectivity index (χ1n) is 13.0. The highest BCUT2D eigenvalue weighted by atomic mass is 79.9. The first-order valence-corrected chi connectivity index (χ1v) is 13.9. The molecule has 10 heteroatoms. The number of rotatable bonds is 12. The number of carbonyl (C=O) groups is 3. The van der Waals surface area contributed by atoms with Gasteiger partial charge in [-0.1, -0.05) is 22.0 Å². The third-order valence-electron chi connectivity index (χ3n) is 7.98. The molecule has 0 saturated carbocycles. The molecule has 2 bridgehead atoms. The molecule has 1 aromatic carbocycles. The van der Waals surface area contributed by atoms with Crippen molar-refractivity contribution in [3.05, 3.63) is 36.9 Å². The topological polar surface area (TPSA) is 111 Å². The maximum absolute atomic E-state index is 14.3. The van der Waals surface area contributed by atoms with E-state index in [0.717, 1.165) is 18.8 Å². The van der Waals surface area contributed by atoms with Gasteiger partial charge in [0, 0.05) is 49.0 Å². The Morgan fingerprint density at radius 2 is 1.86 bits per heavy atom. The summed E-state index contributed by atoms with van der Waals surface area (Å²) >= 11 is 3.57. The minimum Gasteiger partial charge on any atom is -0.481 e. The summed E-state index contributed by atoms with van der Waals surface area (Å²) in [6.07, 6.45) is 2.29. The number of nitrogens with zero attached hydrogens (tertiary/aromatic N) is 3. The van der Waals surface area contributed by atoms with Gasteiger partial charge in [-0.2, -0.15) is 0 Å². The van der Waals surface area contributed by atoms with Crippen molar-refractivity contribution in [1.29, 1.82) is 0 Å². The highest BCUT2D eigenvalue weighted by molar-refractivity contribution is 9.09. The van der Waals surface area contributed by atoms with Crippen molar-refractivity contribution in [2.75, 3.05) is 42.6 Å². The zero-order valence-corrected chi connectivity index (χ0v) is 23.0. The van der Waals surface area contributed by atoms with Gasteiger partial charge >= 0.3 is 5.97 Å². The fourth-order valence-corrected chi connectivity index (χ4v) is 7.30. The number of aliphatic carboxylic acids is 1. The van der Waals surface area contributed by atoms with Crippen LogP contribution < -0.4 is 9.80 Å². The van der Waals surface area contributed by atoms with Gasteiger partial charge in [-0.05, 0) is 57.4 Å². The number of carboxylic acid groups (broad SMARTS) is 1. The van der Waals surface area contributed by atoms with Crippen LogP contribution >= 0.6 is 15.9 Å². The SMILES string of the molecule is C=CCN(C(=O)[C@@H]1N(CCCCO)C(=O)[C@H]2[C@H](C(=O)O)[C@H]3O[C@@]12CC3Br)c1ccc(N(CC)CC)cc1. The largest absolute Gasteiger partial charge is 0.481 e. The van der Waals surface area contributed by atoms with Crippen LogP contribution in [0.3, 0.4) is 0 Å². The van der Waals surface area contributed by atoms with E-state index < -0.39 is 35.6 Å². The van der Waals surface area contributed by atoms with Crippen LogP contribution in [-0.2, 0) is 19.1 Å². The number of anilines is 2. The van der Waals surface area contributed by atoms with E-state index in [-0.39, 0.29) is 36.3 Å². The van der Waals surface area contributed by atoms with Crippen molar-refractivity contribution in [3.63, 3.8) is 0 Å². The second-order valence-corrected chi connectivity index (χ2v) is 11.1. The number of carbonyl (C=O) groups excluding carboxylic acids is 2. The quantitative estimate of drug-likeness (QED) is 0.223. The lowest BCUT2D eigenvalue weighted by Crippen LogP contribution is -2.57. The first kappa shape index (κ1) is 27.6. The average molecular weight is 579 g/mol. The molecular weight excluding hydrogens is 542 g/mol. The Bertz CT molecular complexity index is 1030. The lowest BCUT2D eigenvalue weighted by molar-refractivity contribution is -0.149. The van der Waals surface area contributed by atoms with Gasteiger partial charge in [-0.3, -0.25) is 14.4 Å². The minimum atomic E-state index is -1.23. The number of ether oxygens (including phenoxy) is 1. The molecule has 4 rings (SSSR count). The number of likely N-dealkylation sites (tertiary alicyclic amines) is 1. The van der Waals surface area contributed by atoms with Gasteiger partial charge in [0.1, 0.15) is 11.6 Å². The maximum Gasteiger partial charge on any atom is 0.310 e. The molecule has 1 aromatic rings. The molecule has 9 nitrogen and oxygen atoms in total. The Morgan fingerprint density at radius 1 is 1.22 bits per heavy atom. The molecule has 3 aliphatic heterocycles. The minimum absolute atomic E-state index is 0.0313. The third-order valence-corrected chi connectivity index (χ3v) is 8.83. The van der Waals surface area contributed by atoms with Gasteiger partial charge < -0.3 is 29.6 Å². The summed E-state index contributed by atoms with van der Waals surface area (Å²) in [6, 6.07) is 6.74. The van der Waals surface area contributed by atoms with Crippen LogP contribution in [0.5, 0.6) is 0 Å². The standard InChI is InChI=1S/C27H36BrN3O6/c1-4-13-30(18-11-9-17(10-12-18)29(5-2)6-3)25(34)23-27-16-19(28)22(37-27)20(26(35)36)21(27)24(33)31(23)14-7-8-15-32/h4,9-12,19-23,32H,1,5-8,13-16H2,2-3H3,(H,35,36)/t19?,20-,21+,22-,23-,27+/m0/s1. The molecule has 37 heavy (non-hydrogen) atoms.